The molecule has 1 amide bonds. The Labute approximate surface area is 157 Å². The van der Waals surface area contributed by atoms with Crippen LogP contribution in [0.3, 0.4) is 0 Å². The molecule has 0 saturated heterocycles. The Kier molecular flexibility index (Phi) is 9.95. The predicted molar refractivity (Wildman–Crippen MR) is 105 cm³/mol. The van der Waals surface area contributed by atoms with Gasteiger partial charge in [0.2, 0.25) is 5.91 Å². The van der Waals surface area contributed by atoms with Gasteiger partial charge in [0.25, 0.3) is 0 Å². The summed E-state index contributed by atoms with van der Waals surface area (Å²) in [5.41, 5.74) is 0. The van der Waals surface area contributed by atoms with Gasteiger partial charge < -0.3 is 20.1 Å². The third-order valence-electron chi connectivity index (χ3n) is 4.91. The van der Waals surface area contributed by atoms with Gasteiger partial charge in [0.1, 0.15) is 6.61 Å². The summed E-state index contributed by atoms with van der Waals surface area (Å²) >= 11 is 0. The monoisotopic (exact) mass is 362 g/mol. The quantitative estimate of drug-likeness (QED) is 0.467. The zero-order valence-electron chi connectivity index (χ0n) is 16.1. The number of carbonyl (C=O) groups excluding carboxylic acids is 1. The Morgan fingerprint density at radius 2 is 1.69 bits per heavy atom. The average Bonchev–Trinajstić information content (AvgIpc) is 2.96. The SMILES string of the molecule is COc1ccccc1OCCNCCCCNC(=O)C1CCCCCC1. The van der Waals surface area contributed by atoms with Crippen LogP contribution in [0.4, 0.5) is 0 Å². The van der Waals surface area contributed by atoms with Gasteiger partial charge in [-0.05, 0) is 44.4 Å². The number of rotatable bonds is 11. The Morgan fingerprint density at radius 3 is 2.42 bits per heavy atom. The number of ether oxygens (including phenoxy) is 2. The molecule has 5 heteroatoms. The van der Waals surface area contributed by atoms with E-state index in [-0.39, 0.29) is 11.8 Å². The maximum atomic E-state index is 12.2. The summed E-state index contributed by atoms with van der Waals surface area (Å²) in [5.74, 6) is 2.06. The third-order valence-corrected chi connectivity index (χ3v) is 4.91. The highest BCUT2D eigenvalue weighted by atomic mass is 16.5. The van der Waals surface area contributed by atoms with Crippen molar-refractivity contribution in [1.29, 1.82) is 0 Å². The van der Waals surface area contributed by atoms with Crippen LogP contribution in [0, 0.1) is 5.92 Å². The van der Waals surface area contributed by atoms with Crippen molar-refractivity contribution in [2.75, 3.05) is 33.4 Å². The second kappa shape index (κ2) is 12.6. The van der Waals surface area contributed by atoms with Crippen molar-refractivity contribution in [2.24, 2.45) is 5.92 Å². The number of carbonyl (C=O) groups is 1. The lowest BCUT2D eigenvalue weighted by molar-refractivity contribution is -0.125. The second-order valence-electron chi connectivity index (χ2n) is 6.94. The van der Waals surface area contributed by atoms with E-state index in [1.807, 2.05) is 24.3 Å². The van der Waals surface area contributed by atoms with Gasteiger partial charge in [0.05, 0.1) is 7.11 Å². The molecule has 0 aliphatic heterocycles. The van der Waals surface area contributed by atoms with Crippen molar-refractivity contribution in [2.45, 2.75) is 51.4 Å². The summed E-state index contributed by atoms with van der Waals surface area (Å²) in [7, 11) is 1.65. The van der Waals surface area contributed by atoms with Gasteiger partial charge in [-0.2, -0.15) is 0 Å². The summed E-state index contributed by atoms with van der Waals surface area (Å²) in [6.07, 6.45) is 9.20. The number of benzene rings is 1. The first-order chi connectivity index (χ1) is 12.8. The van der Waals surface area contributed by atoms with Crippen LogP contribution in [0.5, 0.6) is 11.5 Å². The van der Waals surface area contributed by atoms with Crippen LogP contribution in [0.15, 0.2) is 24.3 Å². The van der Waals surface area contributed by atoms with Gasteiger partial charge in [0, 0.05) is 19.0 Å². The Bertz CT molecular complexity index is 514. The number of hydrogen-bond acceptors (Lipinski definition) is 4. The van der Waals surface area contributed by atoms with Crippen LogP contribution in [-0.2, 0) is 4.79 Å². The van der Waals surface area contributed by atoms with Crippen LogP contribution in [0.25, 0.3) is 0 Å². The fourth-order valence-electron chi connectivity index (χ4n) is 3.37. The lowest BCUT2D eigenvalue weighted by Crippen LogP contribution is -2.31. The van der Waals surface area contributed by atoms with Crippen LogP contribution >= 0.6 is 0 Å². The molecule has 26 heavy (non-hydrogen) atoms. The molecular weight excluding hydrogens is 328 g/mol. The van der Waals surface area contributed by atoms with E-state index in [1.165, 1.54) is 25.7 Å². The van der Waals surface area contributed by atoms with E-state index in [9.17, 15) is 4.79 Å². The molecule has 0 spiro atoms. The molecule has 0 radical (unpaired) electrons. The van der Waals surface area contributed by atoms with Gasteiger partial charge in [-0.15, -0.1) is 0 Å². The van der Waals surface area contributed by atoms with Crippen LogP contribution in [0.1, 0.15) is 51.4 Å². The van der Waals surface area contributed by atoms with Crippen LogP contribution in [0.2, 0.25) is 0 Å². The van der Waals surface area contributed by atoms with Crippen LogP contribution in [-0.4, -0.2) is 39.3 Å². The van der Waals surface area contributed by atoms with Gasteiger partial charge in [0.15, 0.2) is 11.5 Å². The third kappa shape index (κ3) is 7.65. The molecule has 0 aromatic heterocycles. The van der Waals surface area contributed by atoms with E-state index in [2.05, 4.69) is 10.6 Å². The Hall–Kier alpha value is -1.75. The number of unbranched alkanes of at least 4 members (excludes halogenated alkanes) is 1. The van der Waals surface area contributed by atoms with Gasteiger partial charge in [-0.1, -0.05) is 37.8 Å². The lowest BCUT2D eigenvalue weighted by atomic mass is 9.99. The molecule has 1 aromatic rings. The first-order valence-corrected chi connectivity index (χ1v) is 10.1. The topological polar surface area (TPSA) is 59.6 Å². The summed E-state index contributed by atoms with van der Waals surface area (Å²) in [5, 5.41) is 6.49. The van der Waals surface area contributed by atoms with Crippen molar-refractivity contribution >= 4 is 5.91 Å². The van der Waals surface area contributed by atoms with Gasteiger partial charge in [-0.3, -0.25) is 4.79 Å². The zero-order chi connectivity index (χ0) is 18.5. The minimum atomic E-state index is 0.253. The van der Waals surface area contributed by atoms with Crippen molar-refractivity contribution in [3.8, 4) is 11.5 Å². The second-order valence-corrected chi connectivity index (χ2v) is 6.94. The normalized spacial score (nSPS) is 15.3. The standard InChI is InChI=1S/C21H34N2O3/c1-25-19-12-6-7-13-20(19)26-17-16-22-14-8-9-15-23-21(24)18-10-4-2-3-5-11-18/h6-7,12-13,18,22H,2-5,8-11,14-17H2,1H3,(H,23,24). The fourth-order valence-corrected chi connectivity index (χ4v) is 3.37. The highest BCUT2D eigenvalue weighted by Gasteiger charge is 2.19. The molecule has 2 N–H and O–H groups in total. The van der Waals surface area contributed by atoms with Crippen molar-refractivity contribution in [1.82, 2.24) is 10.6 Å². The minimum absolute atomic E-state index is 0.253. The van der Waals surface area contributed by atoms with E-state index >= 15 is 0 Å². The van der Waals surface area contributed by atoms with Crippen molar-refractivity contribution < 1.29 is 14.3 Å². The highest BCUT2D eigenvalue weighted by molar-refractivity contribution is 5.78. The largest absolute Gasteiger partial charge is 0.493 e. The smallest absolute Gasteiger partial charge is 0.223 e. The highest BCUT2D eigenvalue weighted by Crippen LogP contribution is 2.25. The number of para-hydroxylation sites is 2. The van der Waals surface area contributed by atoms with E-state index in [4.69, 9.17) is 9.47 Å². The molecule has 2 rings (SSSR count). The van der Waals surface area contributed by atoms with Crippen molar-refractivity contribution in [3.05, 3.63) is 24.3 Å². The maximum absolute atomic E-state index is 12.2. The summed E-state index contributed by atoms with van der Waals surface area (Å²) in [6.45, 7) is 3.13. The molecular formula is C21H34N2O3. The molecule has 0 heterocycles. The lowest BCUT2D eigenvalue weighted by Gasteiger charge is -2.14. The molecule has 1 saturated carbocycles. The molecule has 1 aromatic carbocycles. The number of amides is 1. The van der Waals surface area contributed by atoms with Crippen molar-refractivity contribution in [3.63, 3.8) is 0 Å². The Balaban J connectivity index is 1.45. The molecule has 1 aliphatic carbocycles. The molecule has 146 valence electrons. The number of hydrogen-bond donors (Lipinski definition) is 2. The minimum Gasteiger partial charge on any atom is -0.493 e. The molecule has 5 nitrogen and oxygen atoms in total. The first-order valence-electron chi connectivity index (χ1n) is 10.1. The van der Waals surface area contributed by atoms with E-state index in [0.717, 1.165) is 56.8 Å². The summed E-state index contributed by atoms with van der Waals surface area (Å²) < 4.78 is 11.0. The van der Waals surface area contributed by atoms with E-state index in [1.54, 1.807) is 7.11 Å². The average molecular weight is 363 g/mol. The van der Waals surface area contributed by atoms with E-state index in [0.29, 0.717) is 6.61 Å². The van der Waals surface area contributed by atoms with E-state index < -0.39 is 0 Å². The Morgan fingerprint density at radius 1 is 1.00 bits per heavy atom. The molecule has 1 aliphatic rings. The molecule has 1 fully saturated rings. The van der Waals surface area contributed by atoms with Gasteiger partial charge >= 0.3 is 0 Å². The first kappa shape index (κ1) is 20.6. The van der Waals surface area contributed by atoms with Gasteiger partial charge in [-0.25, -0.2) is 0 Å². The predicted octanol–water partition coefficient (Wildman–Crippen LogP) is 3.53. The maximum Gasteiger partial charge on any atom is 0.223 e. The molecule has 0 bridgehead atoms. The number of methoxy groups -OCH3 is 1. The molecule has 0 atom stereocenters. The van der Waals surface area contributed by atoms with Crippen LogP contribution < -0.4 is 20.1 Å². The summed E-state index contributed by atoms with van der Waals surface area (Å²) in [4.78, 5) is 12.2. The zero-order valence-corrected chi connectivity index (χ0v) is 16.1. The number of nitrogens with one attached hydrogen (secondary N) is 2. The summed E-state index contributed by atoms with van der Waals surface area (Å²) in [6, 6.07) is 7.68. The molecule has 0 unspecified atom stereocenters. The fraction of sp³-hybridized carbons (Fsp3) is 0.667.